The van der Waals surface area contributed by atoms with Crippen LogP contribution < -0.4 is 5.73 Å². The van der Waals surface area contributed by atoms with Crippen molar-refractivity contribution in [3.8, 4) is 0 Å². The average Bonchev–Trinajstić information content (AvgIpc) is 2.36. The minimum atomic E-state index is 0.149. The van der Waals surface area contributed by atoms with E-state index in [9.17, 15) is 0 Å². The Morgan fingerprint density at radius 1 is 1.11 bits per heavy atom. The van der Waals surface area contributed by atoms with Gasteiger partial charge < -0.3 is 5.73 Å². The lowest BCUT2D eigenvalue weighted by Gasteiger charge is -2.32. The van der Waals surface area contributed by atoms with Gasteiger partial charge in [0.05, 0.1) is 0 Å². The topological polar surface area (TPSA) is 26.0 Å². The third kappa shape index (κ3) is 2.19. The van der Waals surface area contributed by atoms with E-state index < -0.39 is 0 Å². The van der Waals surface area contributed by atoms with Gasteiger partial charge in [0.2, 0.25) is 0 Å². The van der Waals surface area contributed by atoms with Gasteiger partial charge in [-0.15, -0.1) is 0 Å². The first-order valence-electron chi connectivity index (χ1n) is 6.33. The Bertz CT molecular complexity index is 565. The summed E-state index contributed by atoms with van der Waals surface area (Å²) in [6.07, 6.45) is 2.24. The molecule has 2 heteroatoms. The van der Waals surface area contributed by atoms with Crippen LogP contribution in [0.3, 0.4) is 0 Å². The number of benzene rings is 2. The molecule has 2 aromatic carbocycles. The second kappa shape index (κ2) is 5.02. The maximum absolute atomic E-state index is 6.36. The van der Waals surface area contributed by atoms with Gasteiger partial charge in [-0.2, -0.15) is 0 Å². The van der Waals surface area contributed by atoms with Crippen molar-refractivity contribution < 1.29 is 0 Å². The van der Waals surface area contributed by atoms with E-state index in [0.717, 1.165) is 6.42 Å². The first-order chi connectivity index (χ1) is 8.75. The van der Waals surface area contributed by atoms with E-state index in [0.29, 0.717) is 5.92 Å². The molecule has 2 atom stereocenters. The van der Waals surface area contributed by atoms with Crippen LogP contribution in [0.25, 0.3) is 0 Å². The molecule has 0 aliphatic heterocycles. The predicted octanol–water partition coefficient (Wildman–Crippen LogP) is 4.02. The summed E-state index contributed by atoms with van der Waals surface area (Å²) >= 11 is 2.37. The van der Waals surface area contributed by atoms with Crippen molar-refractivity contribution in [1.82, 2.24) is 0 Å². The van der Waals surface area contributed by atoms with Crippen LogP contribution in [0.15, 0.2) is 48.5 Å². The van der Waals surface area contributed by atoms with E-state index in [1.54, 1.807) is 0 Å². The standard InChI is InChI=1S/C16H16IN/c17-15-8-4-3-7-14(15)16(18)10-12-9-11-5-1-2-6-13(11)12/h1-8,12,16H,9-10,18H2. The fourth-order valence-electron chi connectivity index (χ4n) is 2.78. The van der Waals surface area contributed by atoms with Gasteiger partial charge in [0, 0.05) is 9.61 Å². The molecule has 2 unspecified atom stereocenters. The molecule has 0 saturated heterocycles. The molecule has 18 heavy (non-hydrogen) atoms. The van der Waals surface area contributed by atoms with Gasteiger partial charge >= 0.3 is 0 Å². The monoisotopic (exact) mass is 349 g/mol. The van der Waals surface area contributed by atoms with E-state index >= 15 is 0 Å². The number of hydrogen-bond donors (Lipinski definition) is 1. The van der Waals surface area contributed by atoms with E-state index in [2.05, 4.69) is 71.1 Å². The van der Waals surface area contributed by atoms with Crippen LogP contribution in [0, 0.1) is 3.57 Å². The fourth-order valence-corrected chi connectivity index (χ4v) is 3.57. The summed E-state index contributed by atoms with van der Waals surface area (Å²) in [6, 6.07) is 17.3. The molecule has 1 aliphatic carbocycles. The summed E-state index contributed by atoms with van der Waals surface area (Å²) in [4.78, 5) is 0. The van der Waals surface area contributed by atoms with Crippen LogP contribution in [-0.4, -0.2) is 0 Å². The average molecular weight is 349 g/mol. The Kier molecular flexibility index (Phi) is 3.39. The first-order valence-corrected chi connectivity index (χ1v) is 7.41. The van der Waals surface area contributed by atoms with Crippen molar-refractivity contribution >= 4 is 22.6 Å². The normalized spacial score (nSPS) is 18.9. The lowest BCUT2D eigenvalue weighted by atomic mass is 9.74. The Balaban J connectivity index is 1.74. The van der Waals surface area contributed by atoms with Crippen LogP contribution in [0.2, 0.25) is 0 Å². The number of halogens is 1. The van der Waals surface area contributed by atoms with E-state index in [1.165, 1.54) is 26.7 Å². The zero-order chi connectivity index (χ0) is 12.5. The van der Waals surface area contributed by atoms with Gasteiger partial charge in [-0.25, -0.2) is 0 Å². The molecule has 1 nitrogen and oxygen atoms in total. The highest BCUT2D eigenvalue weighted by Gasteiger charge is 2.27. The molecule has 0 aromatic heterocycles. The predicted molar refractivity (Wildman–Crippen MR) is 83.6 cm³/mol. The molecule has 0 amide bonds. The van der Waals surface area contributed by atoms with Crippen LogP contribution in [-0.2, 0) is 6.42 Å². The summed E-state index contributed by atoms with van der Waals surface area (Å²) in [7, 11) is 0. The van der Waals surface area contributed by atoms with E-state index in [4.69, 9.17) is 5.73 Å². The fraction of sp³-hybridized carbons (Fsp3) is 0.250. The van der Waals surface area contributed by atoms with E-state index in [-0.39, 0.29) is 6.04 Å². The molecule has 0 radical (unpaired) electrons. The Labute approximate surface area is 122 Å². The van der Waals surface area contributed by atoms with Crippen molar-refractivity contribution in [3.63, 3.8) is 0 Å². The second-order valence-corrected chi connectivity index (χ2v) is 6.13. The molecular formula is C16H16IN. The highest BCUT2D eigenvalue weighted by atomic mass is 127. The molecule has 0 saturated carbocycles. The van der Waals surface area contributed by atoms with Crippen LogP contribution in [0.4, 0.5) is 0 Å². The zero-order valence-electron chi connectivity index (χ0n) is 10.1. The van der Waals surface area contributed by atoms with E-state index in [1.807, 2.05) is 0 Å². The lowest BCUT2D eigenvalue weighted by Crippen LogP contribution is -2.23. The molecule has 2 aromatic rings. The molecule has 0 heterocycles. The van der Waals surface area contributed by atoms with Crippen molar-refractivity contribution in [1.29, 1.82) is 0 Å². The molecule has 0 fully saturated rings. The summed E-state index contributed by atoms with van der Waals surface area (Å²) in [5, 5.41) is 0. The third-order valence-corrected chi connectivity index (χ3v) is 4.79. The lowest BCUT2D eigenvalue weighted by molar-refractivity contribution is 0.497. The second-order valence-electron chi connectivity index (χ2n) is 4.96. The van der Waals surface area contributed by atoms with Gasteiger partial charge in [-0.3, -0.25) is 0 Å². The number of nitrogens with two attached hydrogens (primary N) is 1. The molecular weight excluding hydrogens is 333 g/mol. The minimum Gasteiger partial charge on any atom is -0.324 e. The number of rotatable bonds is 3. The molecule has 3 rings (SSSR count). The van der Waals surface area contributed by atoms with Crippen LogP contribution >= 0.6 is 22.6 Å². The summed E-state index contributed by atoms with van der Waals surface area (Å²) in [6.45, 7) is 0. The summed E-state index contributed by atoms with van der Waals surface area (Å²) in [5.41, 5.74) is 10.6. The van der Waals surface area contributed by atoms with Gasteiger partial charge in [0.1, 0.15) is 0 Å². The van der Waals surface area contributed by atoms with Crippen molar-refractivity contribution in [2.24, 2.45) is 5.73 Å². The molecule has 0 spiro atoms. The van der Waals surface area contributed by atoms with Crippen molar-refractivity contribution in [2.75, 3.05) is 0 Å². The largest absolute Gasteiger partial charge is 0.324 e. The Hall–Kier alpha value is -0.870. The SMILES string of the molecule is NC(CC1Cc2ccccc21)c1ccccc1I. The summed E-state index contributed by atoms with van der Waals surface area (Å²) in [5.74, 6) is 0.646. The summed E-state index contributed by atoms with van der Waals surface area (Å²) < 4.78 is 1.27. The minimum absolute atomic E-state index is 0.149. The molecule has 0 bridgehead atoms. The van der Waals surface area contributed by atoms with Gasteiger partial charge in [0.15, 0.2) is 0 Å². The van der Waals surface area contributed by atoms with Gasteiger partial charge in [-0.1, -0.05) is 42.5 Å². The van der Waals surface area contributed by atoms with Crippen molar-refractivity contribution in [3.05, 3.63) is 68.8 Å². The zero-order valence-corrected chi connectivity index (χ0v) is 12.3. The maximum Gasteiger partial charge on any atom is 0.0311 e. The van der Waals surface area contributed by atoms with Crippen LogP contribution in [0.5, 0.6) is 0 Å². The molecule has 1 aliphatic rings. The van der Waals surface area contributed by atoms with Gasteiger partial charge in [0.25, 0.3) is 0 Å². The maximum atomic E-state index is 6.36. The Morgan fingerprint density at radius 2 is 1.83 bits per heavy atom. The number of hydrogen-bond acceptors (Lipinski definition) is 1. The smallest absolute Gasteiger partial charge is 0.0311 e. The van der Waals surface area contributed by atoms with Crippen LogP contribution in [0.1, 0.15) is 35.1 Å². The highest BCUT2D eigenvalue weighted by Crippen LogP contribution is 2.40. The Morgan fingerprint density at radius 3 is 2.61 bits per heavy atom. The van der Waals surface area contributed by atoms with Gasteiger partial charge in [-0.05, 0) is 64.1 Å². The first kappa shape index (κ1) is 12.2. The molecule has 2 N–H and O–H groups in total. The van der Waals surface area contributed by atoms with Crippen molar-refractivity contribution in [2.45, 2.75) is 24.8 Å². The number of fused-ring (bicyclic) bond motifs is 1. The third-order valence-electron chi connectivity index (χ3n) is 3.80. The quantitative estimate of drug-likeness (QED) is 0.833. The highest BCUT2D eigenvalue weighted by molar-refractivity contribution is 14.1. The molecule has 92 valence electrons.